The number of nitrogens with one attached hydrogen (secondary N) is 2. The van der Waals surface area contributed by atoms with Crippen LogP contribution in [0.3, 0.4) is 0 Å². The van der Waals surface area contributed by atoms with Crippen LogP contribution in [0.25, 0.3) is 0 Å². The van der Waals surface area contributed by atoms with E-state index >= 15 is 0 Å². The van der Waals surface area contributed by atoms with Crippen molar-refractivity contribution in [2.75, 3.05) is 18.4 Å². The predicted octanol–water partition coefficient (Wildman–Crippen LogP) is 4.37. The molecule has 0 aliphatic rings. The van der Waals surface area contributed by atoms with Gasteiger partial charge in [-0.05, 0) is 74.4 Å². The second-order valence-corrected chi connectivity index (χ2v) is 9.43. The molecule has 2 N–H and O–H groups in total. The third kappa shape index (κ3) is 6.49. The van der Waals surface area contributed by atoms with Crippen LogP contribution in [0.5, 0.6) is 11.5 Å². The molecule has 0 saturated heterocycles. The molecule has 0 aliphatic heterocycles. The molecular formula is C25H28N2O5S. The SMILES string of the molecule is COc1ccc([C@@H](C)NC(=O)COc2ccc(S(=O)(=O)Nc3ccc(C)cc3)cc2C)cc1. The van der Waals surface area contributed by atoms with Crippen molar-refractivity contribution in [2.45, 2.75) is 31.7 Å². The maximum Gasteiger partial charge on any atom is 0.261 e. The normalized spacial score (nSPS) is 12.0. The molecule has 3 aromatic rings. The van der Waals surface area contributed by atoms with E-state index in [1.165, 1.54) is 12.1 Å². The first kappa shape index (κ1) is 24.1. The Kier molecular flexibility index (Phi) is 7.60. The number of carbonyl (C=O) groups is 1. The van der Waals surface area contributed by atoms with Gasteiger partial charge in [0.25, 0.3) is 15.9 Å². The number of methoxy groups -OCH3 is 1. The van der Waals surface area contributed by atoms with E-state index in [0.29, 0.717) is 17.0 Å². The fourth-order valence-electron chi connectivity index (χ4n) is 3.19. The molecule has 7 nitrogen and oxygen atoms in total. The average molecular weight is 469 g/mol. The van der Waals surface area contributed by atoms with Crippen LogP contribution in [0.4, 0.5) is 5.69 Å². The second-order valence-electron chi connectivity index (χ2n) is 7.75. The van der Waals surface area contributed by atoms with Crippen LogP contribution in [0.15, 0.2) is 71.6 Å². The molecule has 0 aromatic heterocycles. The summed E-state index contributed by atoms with van der Waals surface area (Å²) in [7, 11) is -2.14. The van der Waals surface area contributed by atoms with E-state index in [-0.39, 0.29) is 23.5 Å². The molecule has 0 heterocycles. The molecule has 0 bridgehead atoms. The fourth-order valence-corrected chi connectivity index (χ4v) is 4.33. The molecule has 1 atom stereocenters. The largest absolute Gasteiger partial charge is 0.497 e. The maximum atomic E-state index is 12.7. The quantitative estimate of drug-likeness (QED) is 0.486. The summed E-state index contributed by atoms with van der Waals surface area (Å²) in [5, 5.41) is 2.88. The van der Waals surface area contributed by atoms with Gasteiger partial charge in [0.1, 0.15) is 11.5 Å². The topological polar surface area (TPSA) is 93.7 Å². The average Bonchev–Trinajstić information content (AvgIpc) is 2.79. The molecule has 8 heteroatoms. The van der Waals surface area contributed by atoms with Crippen molar-refractivity contribution in [3.8, 4) is 11.5 Å². The van der Waals surface area contributed by atoms with E-state index in [4.69, 9.17) is 9.47 Å². The molecular weight excluding hydrogens is 440 g/mol. The number of rotatable bonds is 9. The standard InChI is InChI=1S/C25H28N2O5S/c1-17-5-9-21(10-6-17)27-33(29,30)23-13-14-24(18(2)15-23)32-16-25(28)26-19(3)20-7-11-22(31-4)12-8-20/h5-15,19,27H,16H2,1-4H3,(H,26,28)/t19-/m1/s1. The van der Waals surface area contributed by atoms with Crippen molar-refractivity contribution in [1.29, 1.82) is 0 Å². The van der Waals surface area contributed by atoms with Crippen LogP contribution in [-0.2, 0) is 14.8 Å². The van der Waals surface area contributed by atoms with E-state index in [1.807, 2.05) is 50.2 Å². The summed E-state index contributed by atoms with van der Waals surface area (Å²) < 4.78 is 38.7. The highest BCUT2D eigenvalue weighted by Gasteiger charge is 2.17. The molecule has 3 rings (SSSR count). The molecule has 0 saturated carbocycles. The molecule has 0 spiro atoms. The Labute approximate surface area is 194 Å². The second kappa shape index (κ2) is 10.4. The number of sulfonamides is 1. The van der Waals surface area contributed by atoms with Gasteiger partial charge in [-0.2, -0.15) is 0 Å². The highest BCUT2D eigenvalue weighted by atomic mass is 32.2. The van der Waals surface area contributed by atoms with Crippen LogP contribution < -0.4 is 19.5 Å². The van der Waals surface area contributed by atoms with Crippen molar-refractivity contribution in [3.63, 3.8) is 0 Å². The monoisotopic (exact) mass is 468 g/mol. The first-order chi connectivity index (χ1) is 15.7. The lowest BCUT2D eigenvalue weighted by Crippen LogP contribution is -2.31. The van der Waals surface area contributed by atoms with Gasteiger partial charge in [0.2, 0.25) is 0 Å². The lowest BCUT2D eigenvalue weighted by molar-refractivity contribution is -0.123. The number of hydrogen-bond acceptors (Lipinski definition) is 5. The number of aryl methyl sites for hydroxylation is 2. The summed E-state index contributed by atoms with van der Waals surface area (Å²) in [6.07, 6.45) is 0. The van der Waals surface area contributed by atoms with Crippen LogP contribution in [0.2, 0.25) is 0 Å². The van der Waals surface area contributed by atoms with E-state index in [0.717, 1.165) is 16.9 Å². The third-order valence-corrected chi connectivity index (χ3v) is 6.49. The lowest BCUT2D eigenvalue weighted by Gasteiger charge is -2.16. The van der Waals surface area contributed by atoms with Crippen LogP contribution in [0.1, 0.15) is 29.7 Å². The zero-order valence-electron chi connectivity index (χ0n) is 19.1. The van der Waals surface area contributed by atoms with Crippen molar-refractivity contribution in [3.05, 3.63) is 83.4 Å². The van der Waals surface area contributed by atoms with Crippen molar-refractivity contribution in [1.82, 2.24) is 5.32 Å². The van der Waals surface area contributed by atoms with Gasteiger partial charge in [-0.1, -0.05) is 29.8 Å². The van der Waals surface area contributed by atoms with Gasteiger partial charge < -0.3 is 14.8 Å². The Morgan fingerprint density at radius 3 is 2.24 bits per heavy atom. The summed E-state index contributed by atoms with van der Waals surface area (Å²) in [6, 6.07) is 18.9. The number of amides is 1. The molecule has 0 unspecified atom stereocenters. The Bertz CT molecular complexity index is 1210. The van der Waals surface area contributed by atoms with Gasteiger partial charge in [-0.15, -0.1) is 0 Å². The summed E-state index contributed by atoms with van der Waals surface area (Å²) in [5.74, 6) is 0.905. The number of ether oxygens (including phenoxy) is 2. The zero-order chi connectivity index (χ0) is 24.0. The first-order valence-electron chi connectivity index (χ1n) is 10.4. The highest BCUT2D eigenvalue weighted by molar-refractivity contribution is 7.92. The summed E-state index contributed by atoms with van der Waals surface area (Å²) in [5.41, 5.74) is 3.08. The molecule has 33 heavy (non-hydrogen) atoms. The highest BCUT2D eigenvalue weighted by Crippen LogP contribution is 2.24. The van der Waals surface area contributed by atoms with E-state index in [9.17, 15) is 13.2 Å². The zero-order valence-corrected chi connectivity index (χ0v) is 19.9. The van der Waals surface area contributed by atoms with Gasteiger partial charge in [-0.3, -0.25) is 9.52 Å². The number of anilines is 1. The third-order valence-electron chi connectivity index (χ3n) is 5.11. The molecule has 0 fully saturated rings. The molecule has 0 radical (unpaired) electrons. The smallest absolute Gasteiger partial charge is 0.261 e. The Hall–Kier alpha value is -3.52. The minimum absolute atomic E-state index is 0.116. The molecule has 174 valence electrons. The maximum absolute atomic E-state index is 12.7. The van der Waals surface area contributed by atoms with Crippen molar-refractivity contribution in [2.24, 2.45) is 0 Å². The molecule has 0 aliphatic carbocycles. The predicted molar refractivity (Wildman–Crippen MR) is 128 cm³/mol. The van der Waals surface area contributed by atoms with Crippen molar-refractivity contribution >= 4 is 21.6 Å². The summed E-state index contributed by atoms with van der Waals surface area (Å²) >= 11 is 0. The van der Waals surface area contributed by atoms with E-state index in [2.05, 4.69) is 10.0 Å². The minimum atomic E-state index is -3.74. The summed E-state index contributed by atoms with van der Waals surface area (Å²) in [6.45, 7) is 5.36. The van der Waals surface area contributed by atoms with E-state index < -0.39 is 10.0 Å². The first-order valence-corrected chi connectivity index (χ1v) is 11.9. The number of carbonyl (C=O) groups excluding carboxylic acids is 1. The Morgan fingerprint density at radius 2 is 1.64 bits per heavy atom. The van der Waals surface area contributed by atoms with E-state index in [1.54, 1.807) is 32.2 Å². The Balaban J connectivity index is 1.59. The lowest BCUT2D eigenvalue weighted by atomic mass is 10.1. The Morgan fingerprint density at radius 1 is 0.970 bits per heavy atom. The number of hydrogen-bond donors (Lipinski definition) is 2. The van der Waals surface area contributed by atoms with Gasteiger partial charge in [-0.25, -0.2) is 8.42 Å². The number of benzene rings is 3. The fraction of sp³-hybridized carbons (Fsp3) is 0.240. The van der Waals surface area contributed by atoms with Gasteiger partial charge in [0.05, 0.1) is 18.0 Å². The van der Waals surface area contributed by atoms with Crippen LogP contribution in [0, 0.1) is 13.8 Å². The molecule has 1 amide bonds. The summed E-state index contributed by atoms with van der Waals surface area (Å²) in [4.78, 5) is 12.4. The molecule has 3 aromatic carbocycles. The van der Waals surface area contributed by atoms with Gasteiger partial charge in [0, 0.05) is 5.69 Å². The van der Waals surface area contributed by atoms with Crippen molar-refractivity contribution < 1.29 is 22.7 Å². The van der Waals surface area contributed by atoms with Gasteiger partial charge in [0.15, 0.2) is 6.61 Å². The van der Waals surface area contributed by atoms with Crippen LogP contribution >= 0.6 is 0 Å². The van der Waals surface area contributed by atoms with Crippen LogP contribution in [-0.4, -0.2) is 28.0 Å². The minimum Gasteiger partial charge on any atom is -0.497 e. The van der Waals surface area contributed by atoms with Gasteiger partial charge >= 0.3 is 0 Å².